The number of anilines is 1. The van der Waals surface area contributed by atoms with Gasteiger partial charge >= 0.3 is 0 Å². The van der Waals surface area contributed by atoms with Crippen LogP contribution in [0.4, 0.5) is 5.95 Å². The number of fused-ring (bicyclic) bond motifs is 1. The smallest absolute Gasteiger partial charge is 0.227 e. The Morgan fingerprint density at radius 2 is 2.22 bits per heavy atom. The predicted octanol–water partition coefficient (Wildman–Crippen LogP) is 3.40. The van der Waals surface area contributed by atoms with Crippen molar-refractivity contribution < 1.29 is 4.74 Å². The van der Waals surface area contributed by atoms with Crippen molar-refractivity contribution >= 4 is 27.5 Å². The molecule has 0 saturated carbocycles. The zero-order valence-corrected chi connectivity index (χ0v) is 11.9. The molecule has 18 heavy (non-hydrogen) atoms. The van der Waals surface area contributed by atoms with E-state index in [0.29, 0.717) is 18.4 Å². The molecule has 0 bridgehead atoms. The van der Waals surface area contributed by atoms with Crippen molar-refractivity contribution in [2.75, 3.05) is 12.3 Å². The molecule has 98 valence electrons. The Labute approximate surface area is 111 Å². The standard InChI is InChI=1S/C13H19N3OS/c1-4-5-8(2)7-17-11-10-6-9(3)18-12(10)16-13(14)15-11/h6,8H,4-5,7H2,1-3H3,(H2,14,15,16). The van der Waals surface area contributed by atoms with Gasteiger partial charge in [0.2, 0.25) is 11.8 Å². The van der Waals surface area contributed by atoms with Crippen LogP contribution < -0.4 is 10.5 Å². The molecule has 0 aliphatic rings. The van der Waals surface area contributed by atoms with E-state index in [9.17, 15) is 0 Å². The van der Waals surface area contributed by atoms with Gasteiger partial charge in [-0.3, -0.25) is 0 Å². The molecule has 0 spiro atoms. The summed E-state index contributed by atoms with van der Waals surface area (Å²) in [6.07, 6.45) is 2.33. The van der Waals surface area contributed by atoms with Gasteiger partial charge in [-0.15, -0.1) is 11.3 Å². The maximum atomic E-state index is 5.80. The first-order valence-electron chi connectivity index (χ1n) is 6.26. The molecule has 0 aliphatic carbocycles. The van der Waals surface area contributed by atoms with Gasteiger partial charge in [-0.25, -0.2) is 4.98 Å². The number of rotatable bonds is 5. The zero-order chi connectivity index (χ0) is 13.1. The second-order valence-corrected chi connectivity index (χ2v) is 5.90. The van der Waals surface area contributed by atoms with Crippen LogP contribution in [-0.2, 0) is 0 Å². The van der Waals surface area contributed by atoms with Crippen LogP contribution in [0.15, 0.2) is 6.07 Å². The molecule has 0 radical (unpaired) electrons. The summed E-state index contributed by atoms with van der Waals surface area (Å²) in [5.41, 5.74) is 5.70. The van der Waals surface area contributed by atoms with Gasteiger partial charge in [0.1, 0.15) is 4.83 Å². The topological polar surface area (TPSA) is 61.0 Å². The van der Waals surface area contributed by atoms with Crippen molar-refractivity contribution in [2.45, 2.75) is 33.6 Å². The number of nitrogens with zero attached hydrogens (tertiary/aromatic N) is 2. The Morgan fingerprint density at radius 1 is 1.44 bits per heavy atom. The summed E-state index contributed by atoms with van der Waals surface area (Å²) in [6.45, 7) is 7.09. The third-order valence-corrected chi connectivity index (χ3v) is 3.73. The van der Waals surface area contributed by atoms with Gasteiger partial charge in [0.15, 0.2) is 0 Å². The Balaban J connectivity index is 2.21. The monoisotopic (exact) mass is 265 g/mol. The highest BCUT2D eigenvalue weighted by molar-refractivity contribution is 7.18. The SMILES string of the molecule is CCCC(C)COc1nc(N)nc2sc(C)cc12. The van der Waals surface area contributed by atoms with E-state index in [4.69, 9.17) is 10.5 Å². The van der Waals surface area contributed by atoms with Crippen molar-refractivity contribution in [1.29, 1.82) is 0 Å². The molecule has 0 aromatic carbocycles. The van der Waals surface area contributed by atoms with Crippen LogP contribution >= 0.6 is 11.3 Å². The Hall–Kier alpha value is -1.36. The van der Waals surface area contributed by atoms with E-state index in [-0.39, 0.29) is 5.95 Å². The van der Waals surface area contributed by atoms with Gasteiger partial charge in [0, 0.05) is 4.88 Å². The molecule has 5 heteroatoms. The van der Waals surface area contributed by atoms with Gasteiger partial charge in [0.25, 0.3) is 0 Å². The Bertz CT molecular complexity index is 538. The summed E-state index contributed by atoms with van der Waals surface area (Å²) in [7, 11) is 0. The average molecular weight is 265 g/mol. The third kappa shape index (κ3) is 2.90. The lowest BCUT2D eigenvalue weighted by Gasteiger charge is -2.12. The molecular formula is C13H19N3OS. The van der Waals surface area contributed by atoms with Gasteiger partial charge in [0.05, 0.1) is 12.0 Å². The van der Waals surface area contributed by atoms with E-state index in [0.717, 1.165) is 16.6 Å². The maximum Gasteiger partial charge on any atom is 0.227 e. The first-order valence-corrected chi connectivity index (χ1v) is 7.08. The van der Waals surface area contributed by atoms with Crippen molar-refractivity contribution in [3.63, 3.8) is 0 Å². The fourth-order valence-corrected chi connectivity index (χ4v) is 2.82. The number of hydrogen-bond acceptors (Lipinski definition) is 5. The lowest BCUT2D eigenvalue weighted by molar-refractivity contribution is 0.246. The highest BCUT2D eigenvalue weighted by Crippen LogP contribution is 2.30. The number of aryl methyl sites for hydroxylation is 1. The van der Waals surface area contributed by atoms with Gasteiger partial charge < -0.3 is 10.5 Å². The van der Waals surface area contributed by atoms with Crippen molar-refractivity contribution in [3.8, 4) is 5.88 Å². The second kappa shape index (κ2) is 5.52. The van der Waals surface area contributed by atoms with Crippen molar-refractivity contribution in [1.82, 2.24) is 9.97 Å². The van der Waals surface area contributed by atoms with E-state index in [1.807, 2.05) is 6.92 Å². The number of thiophene rings is 1. The van der Waals surface area contributed by atoms with Gasteiger partial charge in [-0.05, 0) is 25.3 Å². The quantitative estimate of drug-likeness (QED) is 0.900. The van der Waals surface area contributed by atoms with E-state index in [2.05, 4.69) is 29.9 Å². The Morgan fingerprint density at radius 3 is 2.94 bits per heavy atom. The molecule has 0 fully saturated rings. The summed E-state index contributed by atoms with van der Waals surface area (Å²) in [5.74, 6) is 1.42. The lowest BCUT2D eigenvalue weighted by atomic mass is 10.1. The number of aromatic nitrogens is 2. The van der Waals surface area contributed by atoms with Crippen LogP contribution in [0.3, 0.4) is 0 Å². The van der Waals surface area contributed by atoms with Crippen LogP contribution in [0.5, 0.6) is 5.88 Å². The number of nitrogen functional groups attached to an aromatic ring is 1. The van der Waals surface area contributed by atoms with E-state index in [1.165, 1.54) is 11.3 Å². The van der Waals surface area contributed by atoms with Gasteiger partial charge in [-0.1, -0.05) is 20.3 Å². The number of ether oxygens (including phenoxy) is 1. The molecule has 0 aliphatic heterocycles. The van der Waals surface area contributed by atoms with Crippen molar-refractivity contribution in [3.05, 3.63) is 10.9 Å². The molecule has 2 aromatic heterocycles. The maximum absolute atomic E-state index is 5.80. The minimum atomic E-state index is 0.280. The fourth-order valence-electron chi connectivity index (χ4n) is 1.94. The highest BCUT2D eigenvalue weighted by atomic mass is 32.1. The lowest BCUT2D eigenvalue weighted by Crippen LogP contribution is -2.10. The minimum absolute atomic E-state index is 0.280. The highest BCUT2D eigenvalue weighted by Gasteiger charge is 2.11. The molecule has 0 saturated heterocycles. The molecule has 0 amide bonds. The molecule has 2 aromatic rings. The van der Waals surface area contributed by atoms with E-state index >= 15 is 0 Å². The van der Waals surface area contributed by atoms with Gasteiger partial charge in [-0.2, -0.15) is 4.98 Å². The van der Waals surface area contributed by atoms with Crippen LogP contribution in [0.1, 0.15) is 31.6 Å². The van der Waals surface area contributed by atoms with Crippen LogP contribution in [0.2, 0.25) is 0 Å². The Kier molecular flexibility index (Phi) is 4.01. The molecular weight excluding hydrogens is 246 g/mol. The summed E-state index contributed by atoms with van der Waals surface area (Å²) < 4.78 is 5.80. The normalized spacial score (nSPS) is 12.8. The minimum Gasteiger partial charge on any atom is -0.477 e. The van der Waals surface area contributed by atoms with Crippen LogP contribution in [0.25, 0.3) is 10.2 Å². The number of nitrogens with two attached hydrogens (primary N) is 1. The van der Waals surface area contributed by atoms with Crippen LogP contribution in [-0.4, -0.2) is 16.6 Å². The molecule has 2 rings (SSSR count). The predicted molar refractivity (Wildman–Crippen MR) is 76.1 cm³/mol. The molecule has 1 unspecified atom stereocenters. The number of hydrogen-bond donors (Lipinski definition) is 1. The largest absolute Gasteiger partial charge is 0.477 e. The molecule has 2 N–H and O–H groups in total. The molecule has 2 heterocycles. The average Bonchev–Trinajstić information content (AvgIpc) is 2.66. The summed E-state index contributed by atoms with van der Waals surface area (Å²) in [5, 5.41) is 0.968. The van der Waals surface area contributed by atoms with Crippen molar-refractivity contribution in [2.24, 2.45) is 5.92 Å². The second-order valence-electron chi connectivity index (χ2n) is 4.67. The van der Waals surface area contributed by atoms with E-state index < -0.39 is 0 Å². The van der Waals surface area contributed by atoms with Crippen LogP contribution in [0, 0.1) is 12.8 Å². The first kappa shape index (κ1) is 13.1. The zero-order valence-electron chi connectivity index (χ0n) is 11.1. The summed E-state index contributed by atoms with van der Waals surface area (Å²) in [6, 6.07) is 2.05. The summed E-state index contributed by atoms with van der Waals surface area (Å²) in [4.78, 5) is 10.5. The first-order chi connectivity index (χ1) is 8.60. The summed E-state index contributed by atoms with van der Waals surface area (Å²) >= 11 is 1.61. The molecule has 1 atom stereocenters. The third-order valence-electron chi connectivity index (χ3n) is 2.78. The fraction of sp³-hybridized carbons (Fsp3) is 0.538. The van der Waals surface area contributed by atoms with E-state index in [1.54, 1.807) is 11.3 Å². The molecule has 4 nitrogen and oxygen atoms in total.